The number of anilines is 1. The second kappa shape index (κ2) is 9.65. The normalized spacial score (nSPS) is 11.4. The van der Waals surface area contributed by atoms with Crippen LogP contribution in [0.1, 0.15) is 18.7 Å². The summed E-state index contributed by atoms with van der Waals surface area (Å²) in [6, 6.07) is 16.0. The standard InChI is InChI=1S/C21H19F3N2O2S/c22-21(23,24)14-29-18-10-5-4-9-16(18)26-19(27)11-6-12-20-25-13-17(28-20)15-7-2-1-3-8-15/h1-5,7-10,13H,6,11-12,14H2,(H,26,27). The third-order valence-corrected chi connectivity index (χ3v) is 5.10. The van der Waals surface area contributed by atoms with E-state index in [1.54, 1.807) is 30.5 Å². The molecule has 3 rings (SSSR count). The summed E-state index contributed by atoms with van der Waals surface area (Å²) in [5, 5.41) is 2.69. The van der Waals surface area contributed by atoms with Gasteiger partial charge in [-0.1, -0.05) is 42.5 Å². The van der Waals surface area contributed by atoms with Crippen LogP contribution in [0.25, 0.3) is 11.3 Å². The summed E-state index contributed by atoms with van der Waals surface area (Å²) >= 11 is 0.653. The van der Waals surface area contributed by atoms with E-state index in [1.807, 2.05) is 30.3 Å². The summed E-state index contributed by atoms with van der Waals surface area (Å²) in [6.07, 6.45) is -1.40. The molecule has 0 saturated heterocycles. The molecule has 0 aliphatic heterocycles. The predicted molar refractivity (Wildman–Crippen MR) is 107 cm³/mol. The summed E-state index contributed by atoms with van der Waals surface area (Å²) in [6.45, 7) is 0. The molecule has 0 spiro atoms. The van der Waals surface area contributed by atoms with Gasteiger partial charge in [0, 0.05) is 23.3 Å². The Balaban J connectivity index is 1.49. The zero-order valence-corrected chi connectivity index (χ0v) is 16.2. The maximum absolute atomic E-state index is 12.5. The zero-order valence-electron chi connectivity index (χ0n) is 15.4. The van der Waals surface area contributed by atoms with Gasteiger partial charge in [0.2, 0.25) is 5.91 Å². The van der Waals surface area contributed by atoms with Gasteiger partial charge < -0.3 is 9.73 Å². The molecule has 1 amide bonds. The van der Waals surface area contributed by atoms with E-state index in [0.717, 1.165) is 5.56 Å². The van der Waals surface area contributed by atoms with Crippen LogP contribution in [-0.4, -0.2) is 22.8 Å². The molecule has 29 heavy (non-hydrogen) atoms. The lowest BCUT2D eigenvalue weighted by molar-refractivity contribution is -0.116. The van der Waals surface area contributed by atoms with E-state index < -0.39 is 11.9 Å². The van der Waals surface area contributed by atoms with E-state index in [0.29, 0.717) is 46.8 Å². The SMILES string of the molecule is O=C(CCCc1ncc(-c2ccccc2)o1)Nc1ccccc1SCC(F)(F)F. The first-order valence-corrected chi connectivity index (χ1v) is 9.98. The van der Waals surface area contributed by atoms with Gasteiger partial charge in [0.15, 0.2) is 11.7 Å². The highest BCUT2D eigenvalue weighted by Crippen LogP contribution is 2.32. The first-order valence-electron chi connectivity index (χ1n) is 8.99. The van der Waals surface area contributed by atoms with Gasteiger partial charge >= 0.3 is 6.18 Å². The molecule has 0 fully saturated rings. The molecule has 0 saturated carbocycles. The maximum atomic E-state index is 12.5. The summed E-state index contributed by atoms with van der Waals surface area (Å²) in [4.78, 5) is 16.8. The quantitative estimate of drug-likeness (QED) is 0.457. The number of carbonyl (C=O) groups is 1. The number of carbonyl (C=O) groups excluding carboxylic acids is 1. The van der Waals surface area contributed by atoms with E-state index in [2.05, 4.69) is 10.3 Å². The van der Waals surface area contributed by atoms with E-state index >= 15 is 0 Å². The fraction of sp³-hybridized carbons (Fsp3) is 0.238. The number of hydrogen-bond acceptors (Lipinski definition) is 4. The van der Waals surface area contributed by atoms with Gasteiger partial charge in [-0.3, -0.25) is 4.79 Å². The lowest BCUT2D eigenvalue weighted by atomic mass is 10.2. The molecule has 0 atom stereocenters. The molecule has 1 aromatic heterocycles. The average molecular weight is 420 g/mol. The van der Waals surface area contributed by atoms with Gasteiger partial charge in [-0.25, -0.2) is 4.98 Å². The fourth-order valence-corrected chi connectivity index (χ4v) is 3.40. The Labute approximate surface area is 170 Å². The van der Waals surface area contributed by atoms with Gasteiger partial charge in [-0.2, -0.15) is 13.2 Å². The number of nitrogens with one attached hydrogen (secondary N) is 1. The number of nitrogens with zero attached hydrogens (tertiary/aromatic N) is 1. The minimum absolute atomic E-state index is 0.210. The van der Waals surface area contributed by atoms with Crippen molar-refractivity contribution in [3.05, 3.63) is 66.7 Å². The third-order valence-electron chi connectivity index (χ3n) is 3.96. The van der Waals surface area contributed by atoms with Crippen molar-refractivity contribution in [2.75, 3.05) is 11.1 Å². The number of benzene rings is 2. The van der Waals surface area contributed by atoms with Gasteiger partial charge in [-0.15, -0.1) is 11.8 Å². The topological polar surface area (TPSA) is 55.1 Å². The molecular formula is C21H19F3N2O2S. The summed E-state index contributed by atoms with van der Waals surface area (Å²) in [5.74, 6) is -0.0632. The predicted octanol–water partition coefficient (Wildman–Crippen LogP) is 5.96. The Kier molecular flexibility index (Phi) is 6.98. The Morgan fingerprint density at radius 2 is 1.79 bits per heavy atom. The highest BCUT2D eigenvalue weighted by atomic mass is 32.2. The minimum Gasteiger partial charge on any atom is -0.441 e. The molecule has 1 heterocycles. The minimum atomic E-state index is -4.27. The maximum Gasteiger partial charge on any atom is 0.398 e. The number of para-hydroxylation sites is 1. The number of aromatic nitrogens is 1. The van der Waals surface area contributed by atoms with Crippen molar-refractivity contribution in [1.29, 1.82) is 0 Å². The molecular weight excluding hydrogens is 401 g/mol. The molecule has 2 aromatic carbocycles. The highest BCUT2D eigenvalue weighted by Gasteiger charge is 2.27. The number of thioether (sulfide) groups is 1. The van der Waals surface area contributed by atoms with Crippen molar-refractivity contribution in [1.82, 2.24) is 4.98 Å². The van der Waals surface area contributed by atoms with Crippen LogP contribution >= 0.6 is 11.8 Å². The van der Waals surface area contributed by atoms with Crippen molar-refractivity contribution in [2.45, 2.75) is 30.3 Å². The van der Waals surface area contributed by atoms with Gasteiger partial charge in [0.25, 0.3) is 0 Å². The molecule has 0 bridgehead atoms. The second-order valence-corrected chi connectivity index (χ2v) is 7.30. The Hall–Kier alpha value is -2.74. The number of aryl methyl sites for hydroxylation is 1. The van der Waals surface area contributed by atoms with Crippen LogP contribution in [0, 0.1) is 0 Å². The van der Waals surface area contributed by atoms with Crippen LogP contribution in [0.3, 0.4) is 0 Å². The number of alkyl halides is 3. The van der Waals surface area contributed by atoms with Crippen LogP contribution < -0.4 is 5.32 Å². The second-order valence-electron chi connectivity index (χ2n) is 6.29. The molecule has 1 N–H and O–H groups in total. The lowest BCUT2D eigenvalue weighted by Gasteiger charge is -2.11. The first-order chi connectivity index (χ1) is 13.9. The molecule has 0 aliphatic rings. The fourth-order valence-electron chi connectivity index (χ4n) is 2.63. The number of halogens is 3. The summed E-state index contributed by atoms with van der Waals surface area (Å²) < 4.78 is 43.1. The van der Waals surface area contributed by atoms with E-state index in [4.69, 9.17) is 4.42 Å². The van der Waals surface area contributed by atoms with Crippen LogP contribution in [0.4, 0.5) is 18.9 Å². The van der Waals surface area contributed by atoms with Crippen molar-refractivity contribution >= 4 is 23.4 Å². The molecule has 152 valence electrons. The summed E-state index contributed by atoms with van der Waals surface area (Å²) in [7, 11) is 0. The molecule has 4 nitrogen and oxygen atoms in total. The van der Waals surface area contributed by atoms with E-state index in [-0.39, 0.29) is 12.3 Å². The van der Waals surface area contributed by atoms with Gasteiger partial charge in [-0.05, 0) is 18.6 Å². The van der Waals surface area contributed by atoms with Gasteiger partial charge in [0.05, 0.1) is 17.6 Å². The largest absolute Gasteiger partial charge is 0.441 e. The van der Waals surface area contributed by atoms with Crippen molar-refractivity contribution in [3.63, 3.8) is 0 Å². The average Bonchev–Trinajstić information content (AvgIpc) is 3.16. The van der Waals surface area contributed by atoms with Gasteiger partial charge in [0.1, 0.15) is 0 Å². The van der Waals surface area contributed by atoms with Crippen LogP contribution in [0.5, 0.6) is 0 Å². The van der Waals surface area contributed by atoms with Crippen molar-refractivity contribution in [2.24, 2.45) is 0 Å². The summed E-state index contributed by atoms with van der Waals surface area (Å²) in [5.41, 5.74) is 1.31. The third kappa shape index (κ3) is 6.67. The smallest absolute Gasteiger partial charge is 0.398 e. The zero-order chi connectivity index (χ0) is 20.7. The number of amides is 1. The van der Waals surface area contributed by atoms with Crippen LogP contribution in [0.15, 0.2) is 70.1 Å². The Morgan fingerprint density at radius 3 is 2.55 bits per heavy atom. The number of rotatable bonds is 8. The molecule has 0 aliphatic carbocycles. The van der Waals surface area contributed by atoms with Crippen molar-refractivity contribution in [3.8, 4) is 11.3 Å². The lowest BCUT2D eigenvalue weighted by Crippen LogP contribution is -2.13. The molecule has 3 aromatic rings. The Morgan fingerprint density at radius 1 is 1.07 bits per heavy atom. The van der Waals surface area contributed by atoms with Crippen molar-refractivity contribution < 1.29 is 22.4 Å². The number of hydrogen-bond donors (Lipinski definition) is 1. The van der Waals surface area contributed by atoms with E-state index in [9.17, 15) is 18.0 Å². The number of oxazole rings is 1. The monoisotopic (exact) mass is 420 g/mol. The van der Waals surface area contributed by atoms with Crippen LogP contribution in [-0.2, 0) is 11.2 Å². The Bertz CT molecular complexity index is 942. The first kappa shape index (κ1) is 21.0. The van der Waals surface area contributed by atoms with Crippen LogP contribution in [0.2, 0.25) is 0 Å². The highest BCUT2D eigenvalue weighted by molar-refractivity contribution is 7.99. The molecule has 8 heteroatoms. The molecule has 0 unspecified atom stereocenters. The molecule has 0 radical (unpaired) electrons. The van der Waals surface area contributed by atoms with E-state index in [1.165, 1.54) is 0 Å².